The monoisotopic (exact) mass is 380 g/mol. The van der Waals surface area contributed by atoms with Gasteiger partial charge in [-0.05, 0) is 37.8 Å². The highest BCUT2D eigenvalue weighted by molar-refractivity contribution is 5.69. The molecule has 1 fully saturated rings. The van der Waals surface area contributed by atoms with E-state index in [2.05, 4.69) is 9.72 Å². The number of aliphatic hydroxyl groups is 1. The maximum Gasteiger partial charge on any atom is 0.308 e. The van der Waals surface area contributed by atoms with Gasteiger partial charge in [-0.15, -0.1) is 0 Å². The number of aromatic nitrogens is 1. The molecule has 8 nitrogen and oxygen atoms in total. The van der Waals surface area contributed by atoms with Gasteiger partial charge in [0.05, 0.1) is 43.3 Å². The van der Waals surface area contributed by atoms with Crippen LogP contribution in [-0.4, -0.2) is 54.5 Å². The number of nitrogens with two attached hydrogens (primary N) is 2. The number of hydrogen-bond donors (Lipinski definition) is 3. The van der Waals surface area contributed by atoms with Gasteiger partial charge in [0.25, 0.3) is 0 Å². The molecule has 152 valence electrons. The number of pyridine rings is 1. The van der Waals surface area contributed by atoms with Crippen molar-refractivity contribution in [1.29, 1.82) is 0 Å². The number of nitrogens with zero attached hydrogens (tertiary/aromatic N) is 2. The molecule has 0 spiro atoms. The van der Waals surface area contributed by atoms with Crippen molar-refractivity contribution >= 4 is 11.7 Å². The van der Waals surface area contributed by atoms with Crippen molar-refractivity contribution in [3.63, 3.8) is 0 Å². The maximum absolute atomic E-state index is 10.8. The third kappa shape index (κ3) is 7.94. The Labute approximate surface area is 161 Å². The first-order valence-corrected chi connectivity index (χ1v) is 9.15. The minimum absolute atomic E-state index is 0.108. The second-order valence-corrected chi connectivity index (χ2v) is 6.27. The predicted molar refractivity (Wildman–Crippen MR) is 104 cm³/mol. The molecule has 2 heterocycles. The van der Waals surface area contributed by atoms with Crippen LogP contribution in [0.3, 0.4) is 0 Å². The predicted octanol–water partition coefficient (Wildman–Crippen LogP) is 1.19. The van der Waals surface area contributed by atoms with Gasteiger partial charge in [0.2, 0.25) is 0 Å². The molecule has 1 atom stereocenters. The van der Waals surface area contributed by atoms with Crippen LogP contribution in [0.2, 0.25) is 0 Å². The Bertz CT molecular complexity index is 613. The fourth-order valence-electron chi connectivity index (χ4n) is 2.60. The van der Waals surface area contributed by atoms with Gasteiger partial charge in [-0.2, -0.15) is 0 Å². The molecule has 8 heteroatoms. The van der Waals surface area contributed by atoms with Crippen molar-refractivity contribution in [2.24, 2.45) is 11.6 Å². The van der Waals surface area contributed by atoms with E-state index >= 15 is 0 Å². The van der Waals surface area contributed by atoms with Gasteiger partial charge >= 0.3 is 5.97 Å². The summed E-state index contributed by atoms with van der Waals surface area (Å²) in [6.45, 7) is 2.60. The summed E-state index contributed by atoms with van der Waals surface area (Å²) >= 11 is 0. The molecule has 0 amide bonds. The van der Waals surface area contributed by atoms with Crippen molar-refractivity contribution in [1.82, 2.24) is 9.99 Å². The molecule has 27 heavy (non-hydrogen) atoms. The number of ether oxygens (including phenoxy) is 2. The standard InChI is InChI=1S/C11H18N4O.C8H14O3/c1-3-8-5-4-6-9(14-8)11(12)10(7-16)15(2)13;1-10-8(9)6-7-4-2-3-5-11-7/h4-6,16H,3,7,12-13H2,1-2H3;7H,2-6H2,1H3/b11-10-;. The van der Waals surface area contributed by atoms with Gasteiger partial charge in [-0.25, -0.2) is 5.84 Å². The lowest BCUT2D eigenvalue weighted by molar-refractivity contribution is -0.144. The molecule has 0 saturated carbocycles. The second-order valence-electron chi connectivity index (χ2n) is 6.27. The Balaban J connectivity index is 0.000000289. The number of aliphatic hydroxyl groups excluding tert-OH is 1. The Morgan fingerprint density at radius 1 is 1.44 bits per heavy atom. The van der Waals surface area contributed by atoms with E-state index in [9.17, 15) is 4.79 Å². The number of rotatable bonds is 6. The van der Waals surface area contributed by atoms with E-state index in [0.717, 1.165) is 31.6 Å². The van der Waals surface area contributed by atoms with Crippen LogP contribution >= 0.6 is 0 Å². The minimum Gasteiger partial charge on any atom is -0.469 e. The molecule has 0 aromatic carbocycles. The molecule has 1 unspecified atom stereocenters. The highest BCUT2D eigenvalue weighted by Crippen LogP contribution is 2.15. The third-order valence-corrected chi connectivity index (χ3v) is 4.23. The summed E-state index contributed by atoms with van der Waals surface area (Å²) in [5, 5.41) is 10.5. The smallest absolute Gasteiger partial charge is 0.308 e. The molecule has 0 bridgehead atoms. The van der Waals surface area contributed by atoms with Crippen LogP contribution in [0.1, 0.15) is 44.0 Å². The van der Waals surface area contributed by atoms with E-state index in [1.165, 1.54) is 18.5 Å². The SMILES string of the molecule is CCc1cccc(/C(N)=C(\CO)N(C)N)n1.COC(=O)CC1CCCCO1. The highest BCUT2D eigenvalue weighted by Gasteiger charge is 2.17. The molecular weight excluding hydrogens is 348 g/mol. The van der Waals surface area contributed by atoms with Crippen molar-refractivity contribution in [3.05, 3.63) is 35.3 Å². The van der Waals surface area contributed by atoms with Gasteiger partial charge in [0, 0.05) is 19.3 Å². The number of carbonyl (C=O) groups excluding carboxylic acids is 1. The largest absolute Gasteiger partial charge is 0.469 e. The summed E-state index contributed by atoms with van der Waals surface area (Å²) in [7, 11) is 3.03. The molecule has 1 aromatic heterocycles. The molecule has 1 aliphatic rings. The van der Waals surface area contributed by atoms with Crippen molar-refractivity contribution < 1.29 is 19.4 Å². The Morgan fingerprint density at radius 2 is 2.19 bits per heavy atom. The number of likely N-dealkylation sites (N-methyl/N-ethyl adjacent to an activating group) is 1. The molecule has 0 radical (unpaired) electrons. The van der Waals surface area contributed by atoms with Crippen LogP contribution in [0.4, 0.5) is 0 Å². The van der Waals surface area contributed by atoms with Crippen LogP contribution in [0.25, 0.3) is 5.70 Å². The number of hydrogen-bond acceptors (Lipinski definition) is 8. The first kappa shape index (κ1) is 22.9. The maximum atomic E-state index is 10.8. The average molecular weight is 380 g/mol. The summed E-state index contributed by atoms with van der Waals surface area (Å²) in [5.41, 5.74) is 8.37. The number of aryl methyl sites for hydroxylation is 1. The normalized spacial score (nSPS) is 17.3. The lowest BCUT2D eigenvalue weighted by Crippen LogP contribution is -2.29. The van der Waals surface area contributed by atoms with E-state index < -0.39 is 0 Å². The molecule has 1 saturated heterocycles. The zero-order valence-electron chi connectivity index (χ0n) is 16.5. The summed E-state index contributed by atoms with van der Waals surface area (Å²) in [6.07, 6.45) is 4.65. The van der Waals surface area contributed by atoms with Crippen LogP contribution in [0.5, 0.6) is 0 Å². The van der Waals surface area contributed by atoms with Crippen molar-refractivity contribution in [2.75, 3.05) is 27.4 Å². The first-order valence-electron chi connectivity index (χ1n) is 9.15. The molecule has 0 aliphatic carbocycles. The quantitative estimate of drug-likeness (QED) is 0.382. The van der Waals surface area contributed by atoms with Crippen molar-refractivity contribution in [2.45, 2.75) is 45.1 Å². The van der Waals surface area contributed by atoms with E-state index in [1.54, 1.807) is 13.1 Å². The topological polar surface area (TPSA) is 124 Å². The molecule has 1 aromatic rings. The zero-order chi connectivity index (χ0) is 20.2. The molecule has 2 rings (SSSR count). The number of hydrazine groups is 1. The highest BCUT2D eigenvalue weighted by atomic mass is 16.5. The fourth-order valence-corrected chi connectivity index (χ4v) is 2.60. The molecular formula is C19H32N4O4. The average Bonchev–Trinajstić information content (AvgIpc) is 2.69. The number of methoxy groups -OCH3 is 1. The Hall–Kier alpha value is -2.16. The van der Waals surface area contributed by atoms with Crippen LogP contribution in [0, 0.1) is 0 Å². The van der Waals surface area contributed by atoms with Crippen LogP contribution < -0.4 is 11.6 Å². The molecule has 1 aliphatic heterocycles. The molecule has 5 N–H and O–H groups in total. The van der Waals surface area contributed by atoms with Gasteiger partial charge in [-0.1, -0.05) is 13.0 Å². The van der Waals surface area contributed by atoms with Gasteiger partial charge < -0.3 is 25.3 Å². The van der Waals surface area contributed by atoms with Crippen LogP contribution in [0.15, 0.2) is 23.9 Å². The van der Waals surface area contributed by atoms with Gasteiger partial charge in [-0.3, -0.25) is 9.78 Å². The summed E-state index contributed by atoms with van der Waals surface area (Å²) in [4.78, 5) is 15.1. The number of esters is 1. The Kier molecular flexibility index (Phi) is 10.4. The zero-order valence-corrected chi connectivity index (χ0v) is 16.5. The third-order valence-electron chi connectivity index (χ3n) is 4.23. The van der Waals surface area contributed by atoms with Gasteiger partial charge in [0.1, 0.15) is 0 Å². The second kappa shape index (κ2) is 12.3. The fraction of sp³-hybridized carbons (Fsp3) is 0.579. The minimum atomic E-state index is -0.211. The van der Waals surface area contributed by atoms with E-state index in [1.807, 2.05) is 19.1 Å². The van der Waals surface area contributed by atoms with Crippen LogP contribution in [-0.2, 0) is 20.7 Å². The summed E-state index contributed by atoms with van der Waals surface area (Å²) < 4.78 is 9.88. The number of carbonyl (C=O) groups is 1. The lowest BCUT2D eigenvalue weighted by atomic mass is 10.1. The Morgan fingerprint density at radius 3 is 2.70 bits per heavy atom. The first-order chi connectivity index (χ1) is 12.9. The van der Waals surface area contributed by atoms with E-state index in [4.69, 9.17) is 21.4 Å². The van der Waals surface area contributed by atoms with Gasteiger partial charge in [0.15, 0.2) is 0 Å². The van der Waals surface area contributed by atoms with E-state index in [-0.39, 0.29) is 18.7 Å². The summed E-state index contributed by atoms with van der Waals surface area (Å²) in [6, 6.07) is 5.62. The van der Waals surface area contributed by atoms with E-state index in [0.29, 0.717) is 23.5 Å². The summed E-state index contributed by atoms with van der Waals surface area (Å²) in [5.74, 6) is 5.39. The van der Waals surface area contributed by atoms with Crippen molar-refractivity contribution in [3.8, 4) is 0 Å². The lowest BCUT2D eigenvalue weighted by Gasteiger charge is -2.21.